The van der Waals surface area contributed by atoms with E-state index in [4.69, 9.17) is 4.74 Å². The van der Waals surface area contributed by atoms with Crippen LogP contribution in [0.15, 0.2) is 72.9 Å². The molecule has 3 unspecified atom stereocenters. The molecule has 0 aromatic heterocycles. The van der Waals surface area contributed by atoms with Gasteiger partial charge in [-0.15, -0.1) is 0 Å². The minimum absolute atomic E-state index is 0.0331. The monoisotopic (exact) mass is 852 g/mol. The number of aliphatic hydroxyl groups is 2. The van der Waals surface area contributed by atoms with Gasteiger partial charge in [-0.3, -0.25) is 9.59 Å². The van der Waals surface area contributed by atoms with E-state index >= 15 is 0 Å². The molecular formula is C55H97NO5. The maximum Gasteiger partial charge on any atom is 0.306 e. The summed E-state index contributed by atoms with van der Waals surface area (Å²) in [5.41, 5.74) is 0. The maximum absolute atomic E-state index is 13.2. The second-order valence-corrected chi connectivity index (χ2v) is 17.2. The number of allylic oxidation sites excluding steroid dienone is 12. The van der Waals surface area contributed by atoms with E-state index in [-0.39, 0.29) is 24.9 Å². The molecule has 6 nitrogen and oxygen atoms in total. The van der Waals surface area contributed by atoms with Gasteiger partial charge in [-0.25, -0.2) is 0 Å². The van der Waals surface area contributed by atoms with Crippen molar-refractivity contribution >= 4 is 11.9 Å². The first kappa shape index (κ1) is 58.3. The third-order valence-corrected chi connectivity index (χ3v) is 11.3. The molecule has 0 saturated carbocycles. The first-order valence-corrected chi connectivity index (χ1v) is 25.7. The summed E-state index contributed by atoms with van der Waals surface area (Å²) in [4.78, 5) is 26.1. The Morgan fingerprint density at radius 3 is 1.43 bits per heavy atom. The van der Waals surface area contributed by atoms with Gasteiger partial charge in [0.2, 0.25) is 5.91 Å². The van der Waals surface area contributed by atoms with E-state index < -0.39 is 18.2 Å². The molecule has 3 atom stereocenters. The van der Waals surface area contributed by atoms with E-state index in [0.29, 0.717) is 19.3 Å². The second-order valence-electron chi connectivity index (χ2n) is 17.2. The minimum Gasteiger partial charge on any atom is -0.462 e. The Kier molecular flexibility index (Phi) is 46.2. The molecule has 0 aliphatic carbocycles. The van der Waals surface area contributed by atoms with Crippen LogP contribution < -0.4 is 5.32 Å². The quantitative estimate of drug-likeness (QED) is 0.0322. The lowest BCUT2D eigenvalue weighted by Crippen LogP contribution is -2.46. The van der Waals surface area contributed by atoms with E-state index in [1.807, 2.05) is 0 Å². The molecule has 0 fully saturated rings. The van der Waals surface area contributed by atoms with Crippen LogP contribution in [0.25, 0.3) is 0 Å². The van der Waals surface area contributed by atoms with Crippen molar-refractivity contribution in [2.75, 3.05) is 6.61 Å². The summed E-state index contributed by atoms with van der Waals surface area (Å²) in [5, 5.41) is 23.7. The number of carbonyl (C=O) groups is 2. The Labute approximate surface area is 377 Å². The van der Waals surface area contributed by atoms with Gasteiger partial charge < -0.3 is 20.3 Å². The summed E-state index contributed by atoms with van der Waals surface area (Å²) in [6, 6.07) is -0.723. The van der Waals surface area contributed by atoms with E-state index in [2.05, 4.69) is 99.0 Å². The number of aliphatic hydroxyl groups excluding tert-OH is 2. The third kappa shape index (κ3) is 43.7. The predicted octanol–water partition coefficient (Wildman–Crippen LogP) is 15.4. The van der Waals surface area contributed by atoms with E-state index in [9.17, 15) is 19.8 Å². The summed E-state index contributed by atoms with van der Waals surface area (Å²) in [6.07, 6.45) is 61.0. The van der Waals surface area contributed by atoms with Crippen molar-refractivity contribution in [3.05, 3.63) is 72.9 Å². The molecule has 0 radical (unpaired) electrons. The molecule has 6 heteroatoms. The van der Waals surface area contributed by atoms with Crippen molar-refractivity contribution in [2.24, 2.45) is 0 Å². The van der Waals surface area contributed by atoms with Gasteiger partial charge in [0.25, 0.3) is 0 Å². The van der Waals surface area contributed by atoms with E-state index in [1.165, 1.54) is 103 Å². The first-order chi connectivity index (χ1) is 30.0. The number of hydrogen-bond donors (Lipinski definition) is 3. The van der Waals surface area contributed by atoms with Gasteiger partial charge in [0.1, 0.15) is 6.10 Å². The highest BCUT2D eigenvalue weighted by Gasteiger charge is 2.24. The number of amides is 1. The molecule has 0 heterocycles. The Morgan fingerprint density at radius 2 is 0.902 bits per heavy atom. The molecule has 61 heavy (non-hydrogen) atoms. The molecule has 0 bridgehead atoms. The lowest BCUT2D eigenvalue weighted by atomic mass is 10.0. The van der Waals surface area contributed by atoms with Crippen molar-refractivity contribution in [1.29, 1.82) is 0 Å². The van der Waals surface area contributed by atoms with Crippen LogP contribution >= 0.6 is 0 Å². The molecule has 0 aromatic carbocycles. The number of nitrogens with one attached hydrogen (secondary N) is 1. The fourth-order valence-electron chi connectivity index (χ4n) is 7.40. The lowest BCUT2D eigenvalue weighted by Gasteiger charge is -2.24. The Bertz CT molecular complexity index is 1140. The highest BCUT2D eigenvalue weighted by atomic mass is 16.5. The Balaban J connectivity index is 4.71. The van der Waals surface area contributed by atoms with Crippen LogP contribution in [0.1, 0.15) is 239 Å². The van der Waals surface area contributed by atoms with Crippen molar-refractivity contribution in [3.8, 4) is 0 Å². The number of carbonyl (C=O) groups excluding carboxylic acids is 2. The van der Waals surface area contributed by atoms with Crippen LogP contribution in [0, 0.1) is 0 Å². The van der Waals surface area contributed by atoms with Crippen LogP contribution in [0.2, 0.25) is 0 Å². The van der Waals surface area contributed by atoms with E-state index in [1.54, 1.807) is 0 Å². The van der Waals surface area contributed by atoms with Gasteiger partial charge in [-0.2, -0.15) is 0 Å². The standard InChI is InChI=1S/C55H97NO5/c1-4-7-10-13-16-19-22-25-26-27-28-30-31-34-37-40-43-46-51(61-55(60)48-45-42-39-36-33-24-21-18-15-12-9-6-3)49-54(59)56-52(50-57)53(58)47-44-41-38-35-32-29-23-20-17-14-11-8-5-2/h7,10,16,18-19,21,25-26,28,30,34,37,51-53,57-58H,4-6,8-9,11-15,17,20,22-24,27,29,31-33,35-36,38-50H2,1-3H3,(H,56,59)/b10-7-,19-16-,21-18-,26-25-,30-28-,37-34-. The molecular weight excluding hydrogens is 755 g/mol. The van der Waals surface area contributed by atoms with Gasteiger partial charge >= 0.3 is 5.97 Å². The Morgan fingerprint density at radius 1 is 0.492 bits per heavy atom. The fraction of sp³-hybridized carbons (Fsp3) is 0.745. The summed E-state index contributed by atoms with van der Waals surface area (Å²) < 4.78 is 5.90. The zero-order valence-corrected chi connectivity index (χ0v) is 40.0. The highest BCUT2D eigenvalue weighted by molar-refractivity contribution is 5.77. The molecule has 0 rings (SSSR count). The molecule has 0 aromatic rings. The molecule has 0 saturated heterocycles. The topological polar surface area (TPSA) is 95.9 Å². The van der Waals surface area contributed by atoms with Crippen LogP contribution in [-0.2, 0) is 14.3 Å². The fourth-order valence-corrected chi connectivity index (χ4v) is 7.40. The molecule has 0 aliphatic heterocycles. The predicted molar refractivity (Wildman–Crippen MR) is 264 cm³/mol. The average Bonchev–Trinajstić information content (AvgIpc) is 3.25. The van der Waals surface area contributed by atoms with E-state index in [0.717, 1.165) is 89.9 Å². The van der Waals surface area contributed by atoms with Crippen molar-refractivity contribution in [2.45, 2.75) is 257 Å². The highest BCUT2D eigenvalue weighted by Crippen LogP contribution is 2.17. The smallest absolute Gasteiger partial charge is 0.306 e. The van der Waals surface area contributed by atoms with Gasteiger partial charge in [0.15, 0.2) is 0 Å². The minimum atomic E-state index is -0.806. The van der Waals surface area contributed by atoms with Crippen molar-refractivity contribution in [1.82, 2.24) is 5.32 Å². The SMILES string of the molecule is CC/C=C\C/C=C\C/C=C\C/C=C\C/C=C\CCCC(CC(=O)NC(CO)C(O)CCCCCCCCCCCCCCC)OC(=O)CCCCCCC/C=C\CCCCC. The summed E-state index contributed by atoms with van der Waals surface area (Å²) in [5.74, 6) is -0.542. The number of unbranched alkanes of at least 4 members (excludes halogenated alkanes) is 21. The molecule has 1 amide bonds. The average molecular weight is 852 g/mol. The zero-order chi connectivity index (χ0) is 44.5. The number of hydrogen-bond acceptors (Lipinski definition) is 5. The normalized spacial score (nSPS) is 13.9. The summed E-state index contributed by atoms with van der Waals surface area (Å²) >= 11 is 0. The van der Waals surface area contributed by atoms with Crippen LogP contribution in [0.3, 0.4) is 0 Å². The molecule has 0 spiro atoms. The van der Waals surface area contributed by atoms with Gasteiger partial charge in [-0.1, -0.05) is 209 Å². The number of esters is 1. The number of ether oxygens (including phenoxy) is 1. The maximum atomic E-state index is 13.2. The third-order valence-electron chi connectivity index (χ3n) is 11.3. The second kappa shape index (κ2) is 48.3. The summed E-state index contributed by atoms with van der Waals surface area (Å²) in [7, 11) is 0. The van der Waals surface area contributed by atoms with Crippen molar-refractivity contribution < 1.29 is 24.5 Å². The van der Waals surface area contributed by atoms with Crippen molar-refractivity contribution in [3.63, 3.8) is 0 Å². The zero-order valence-electron chi connectivity index (χ0n) is 40.0. The Hall–Kier alpha value is -2.70. The largest absolute Gasteiger partial charge is 0.462 e. The molecule has 3 N–H and O–H groups in total. The van der Waals surface area contributed by atoms with Crippen LogP contribution in [0.5, 0.6) is 0 Å². The number of rotatable bonds is 45. The van der Waals surface area contributed by atoms with Crippen LogP contribution in [0.4, 0.5) is 0 Å². The first-order valence-electron chi connectivity index (χ1n) is 25.7. The van der Waals surface area contributed by atoms with Gasteiger partial charge in [0.05, 0.1) is 25.2 Å². The van der Waals surface area contributed by atoms with Crippen LogP contribution in [-0.4, -0.2) is 46.9 Å². The molecule has 352 valence electrons. The van der Waals surface area contributed by atoms with Gasteiger partial charge in [0, 0.05) is 6.42 Å². The molecule has 0 aliphatic rings. The van der Waals surface area contributed by atoms with Gasteiger partial charge in [-0.05, 0) is 89.9 Å². The summed E-state index contributed by atoms with van der Waals surface area (Å²) in [6.45, 7) is 6.32. The lowest BCUT2D eigenvalue weighted by molar-refractivity contribution is -0.151.